The van der Waals surface area contributed by atoms with E-state index in [4.69, 9.17) is 9.47 Å². The second-order valence-corrected chi connectivity index (χ2v) is 6.07. The number of hydrogen-bond acceptors (Lipinski definition) is 2. The van der Waals surface area contributed by atoms with Gasteiger partial charge in [-0.1, -0.05) is 51.1 Å². The Kier molecular flexibility index (Phi) is 5.48. The highest BCUT2D eigenvalue weighted by Crippen LogP contribution is 2.33. The Morgan fingerprint density at radius 3 is 2.09 bits per heavy atom. The number of methoxy groups -OCH3 is 2. The third kappa shape index (κ3) is 3.62. The molecule has 2 aromatic rings. The van der Waals surface area contributed by atoms with Crippen LogP contribution >= 0.6 is 0 Å². The molecule has 0 spiro atoms. The first-order chi connectivity index (χ1) is 10.6. The molecule has 0 aromatic heterocycles. The number of ether oxygens (including phenoxy) is 2. The van der Waals surface area contributed by atoms with Crippen LogP contribution in [0.3, 0.4) is 0 Å². The average Bonchev–Trinajstić information content (AvgIpc) is 2.54. The monoisotopic (exact) mass is 298 g/mol. The molecule has 0 saturated carbocycles. The predicted molar refractivity (Wildman–Crippen MR) is 92.2 cm³/mol. The van der Waals surface area contributed by atoms with Crippen molar-refractivity contribution in [2.24, 2.45) is 0 Å². The lowest BCUT2D eigenvalue weighted by molar-refractivity contribution is 0.401. The van der Waals surface area contributed by atoms with Crippen molar-refractivity contribution >= 4 is 0 Å². The van der Waals surface area contributed by atoms with Crippen molar-refractivity contribution in [1.29, 1.82) is 0 Å². The first-order valence-electron chi connectivity index (χ1n) is 7.86. The summed E-state index contributed by atoms with van der Waals surface area (Å²) in [5.41, 5.74) is 3.87. The largest absolute Gasteiger partial charge is 0.497 e. The fourth-order valence-corrected chi connectivity index (χ4v) is 2.85. The molecule has 118 valence electrons. The van der Waals surface area contributed by atoms with Crippen LogP contribution in [0.25, 0.3) is 0 Å². The summed E-state index contributed by atoms with van der Waals surface area (Å²) in [6, 6.07) is 14.8. The minimum absolute atomic E-state index is 0.433. The average molecular weight is 298 g/mol. The van der Waals surface area contributed by atoms with Gasteiger partial charge in [-0.25, -0.2) is 0 Å². The molecule has 2 heteroatoms. The molecule has 22 heavy (non-hydrogen) atoms. The van der Waals surface area contributed by atoms with Crippen molar-refractivity contribution in [1.82, 2.24) is 0 Å². The van der Waals surface area contributed by atoms with E-state index in [9.17, 15) is 0 Å². The maximum Gasteiger partial charge on any atom is 0.125 e. The smallest absolute Gasteiger partial charge is 0.125 e. The Balaban J connectivity index is 2.23. The van der Waals surface area contributed by atoms with Crippen LogP contribution in [0.2, 0.25) is 0 Å². The van der Waals surface area contributed by atoms with E-state index in [1.165, 1.54) is 16.7 Å². The van der Waals surface area contributed by atoms with Gasteiger partial charge in [-0.15, -0.1) is 0 Å². The third-order valence-corrected chi connectivity index (χ3v) is 4.16. The van der Waals surface area contributed by atoms with Gasteiger partial charge < -0.3 is 9.47 Å². The van der Waals surface area contributed by atoms with Crippen molar-refractivity contribution in [3.05, 3.63) is 59.2 Å². The predicted octanol–water partition coefficient (Wildman–Crippen LogP) is 5.17. The molecule has 0 aliphatic carbocycles. The first-order valence-corrected chi connectivity index (χ1v) is 7.86. The quantitative estimate of drug-likeness (QED) is 0.732. The first kappa shape index (κ1) is 16.4. The lowest BCUT2D eigenvalue weighted by Crippen LogP contribution is -2.03. The summed E-state index contributed by atoms with van der Waals surface area (Å²) in [4.78, 5) is 0. The molecule has 2 aromatic carbocycles. The fourth-order valence-electron chi connectivity index (χ4n) is 2.85. The van der Waals surface area contributed by atoms with Crippen molar-refractivity contribution in [3.8, 4) is 11.5 Å². The van der Waals surface area contributed by atoms with E-state index in [0.29, 0.717) is 11.8 Å². The SMILES string of the molecule is COc1ccc(C(C)Cc2cccc(C(C)C)c2OC)cc1. The molecule has 0 aliphatic heterocycles. The van der Waals surface area contributed by atoms with E-state index in [-0.39, 0.29) is 0 Å². The van der Waals surface area contributed by atoms with Gasteiger partial charge in [0.1, 0.15) is 11.5 Å². The molecular weight excluding hydrogens is 272 g/mol. The summed E-state index contributed by atoms with van der Waals surface area (Å²) < 4.78 is 10.9. The van der Waals surface area contributed by atoms with E-state index in [2.05, 4.69) is 51.1 Å². The summed E-state index contributed by atoms with van der Waals surface area (Å²) in [6.45, 7) is 6.66. The molecule has 0 heterocycles. The van der Waals surface area contributed by atoms with E-state index in [0.717, 1.165) is 17.9 Å². The van der Waals surface area contributed by atoms with Crippen LogP contribution < -0.4 is 9.47 Å². The lowest BCUT2D eigenvalue weighted by Gasteiger charge is -2.19. The van der Waals surface area contributed by atoms with Gasteiger partial charge in [-0.2, -0.15) is 0 Å². The number of para-hydroxylation sites is 1. The molecule has 0 saturated heterocycles. The van der Waals surface area contributed by atoms with Crippen LogP contribution in [-0.2, 0) is 6.42 Å². The molecule has 2 nitrogen and oxygen atoms in total. The second kappa shape index (κ2) is 7.35. The second-order valence-electron chi connectivity index (χ2n) is 6.07. The summed E-state index contributed by atoms with van der Waals surface area (Å²) in [5, 5.41) is 0. The highest BCUT2D eigenvalue weighted by Gasteiger charge is 2.15. The highest BCUT2D eigenvalue weighted by molar-refractivity contribution is 5.44. The molecule has 0 radical (unpaired) electrons. The minimum Gasteiger partial charge on any atom is -0.497 e. The van der Waals surface area contributed by atoms with Gasteiger partial charge in [-0.05, 0) is 47.1 Å². The Bertz CT molecular complexity index is 600. The van der Waals surface area contributed by atoms with Crippen molar-refractivity contribution in [2.75, 3.05) is 14.2 Å². The third-order valence-electron chi connectivity index (χ3n) is 4.16. The van der Waals surface area contributed by atoms with Crippen molar-refractivity contribution in [3.63, 3.8) is 0 Å². The molecule has 0 aliphatic rings. The normalized spacial score (nSPS) is 12.3. The standard InChI is InChI=1S/C20H26O2/c1-14(2)19-8-6-7-17(20(19)22-5)13-15(3)16-9-11-18(21-4)12-10-16/h6-12,14-15H,13H2,1-5H3. The van der Waals surface area contributed by atoms with Crippen LogP contribution in [0.5, 0.6) is 11.5 Å². The zero-order valence-electron chi connectivity index (χ0n) is 14.2. The molecular formula is C20H26O2. The van der Waals surface area contributed by atoms with Crippen LogP contribution in [0.4, 0.5) is 0 Å². The summed E-state index contributed by atoms with van der Waals surface area (Å²) in [6.07, 6.45) is 0.968. The summed E-state index contributed by atoms with van der Waals surface area (Å²) in [7, 11) is 3.46. The molecule has 0 bridgehead atoms. The number of hydrogen-bond donors (Lipinski definition) is 0. The number of rotatable bonds is 6. The van der Waals surface area contributed by atoms with Gasteiger partial charge in [0, 0.05) is 0 Å². The zero-order chi connectivity index (χ0) is 16.1. The van der Waals surface area contributed by atoms with Crippen LogP contribution in [0.1, 0.15) is 49.3 Å². The van der Waals surface area contributed by atoms with Crippen LogP contribution in [-0.4, -0.2) is 14.2 Å². The zero-order valence-corrected chi connectivity index (χ0v) is 14.2. The molecule has 0 N–H and O–H groups in total. The van der Waals surface area contributed by atoms with Crippen molar-refractivity contribution in [2.45, 2.75) is 39.0 Å². The molecule has 1 atom stereocenters. The van der Waals surface area contributed by atoms with Crippen molar-refractivity contribution < 1.29 is 9.47 Å². The van der Waals surface area contributed by atoms with Gasteiger partial charge >= 0.3 is 0 Å². The fraction of sp³-hybridized carbons (Fsp3) is 0.400. The molecule has 0 amide bonds. The van der Waals surface area contributed by atoms with E-state index >= 15 is 0 Å². The summed E-state index contributed by atoms with van der Waals surface area (Å²) >= 11 is 0. The topological polar surface area (TPSA) is 18.5 Å². The van der Waals surface area contributed by atoms with Gasteiger partial charge in [0.05, 0.1) is 14.2 Å². The minimum atomic E-state index is 0.433. The van der Waals surface area contributed by atoms with Gasteiger partial charge in [-0.3, -0.25) is 0 Å². The molecule has 0 fully saturated rings. The van der Waals surface area contributed by atoms with Crippen LogP contribution in [0, 0.1) is 0 Å². The Labute approximate surface area is 134 Å². The maximum absolute atomic E-state index is 5.69. The highest BCUT2D eigenvalue weighted by atomic mass is 16.5. The van der Waals surface area contributed by atoms with Gasteiger partial charge in [0.15, 0.2) is 0 Å². The Hall–Kier alpha value is -1.96. The van der Waals surface area contributed by atoms with E-state index < -0.39 is 0 Å². The van der Waals surface area contributed by atoms with Crippen LogP contribution in [0.15, 0.2) is 42.5 Å². The van der Waals surface area contributed by atoms with E-state index in [1.807, 2.05) is 12.1 Å². The lowest BCUT2D eigenvalue weighted by atomic mass is 9.90. The Morgan fingerprint density at radius 2 is 1.55 bits per heavy atom. The van der Waals surface area contributed by atoms with Gasteiger partial charge in [0.2, 0.25) is 0 Å². The molecule has 2 rings (SSSR count). The van der Waals surface area contributed by atoms with Gasteiger partial charge in [0.25, 0.3) is 0 Å². The van der Waals surface area contributed by atoms with E-state index in [1.54, 1.807) is 14.2 Å². The maximum atomic E-state index is 5.69. The Morgan fingerprint density at radius 1 is 0.864 bits per heavy atom. The molecule has 1 unspecified atom stereocenters. The summed E-state index contributed by atoms with van der Waals surface area (Å²) in [5.74, 6) is 2.83. The number of benzene rings is 2.